The van der Waals surface area contributed by atoms with Crippen molar-refractivity contribution in [1.82, 2.24) is 30.4 Å². The highest BCUT2D eigenvalue weighted by Crippen LogP contribution is 2.43. The molecule has 3 aromatic rings. The molecule has 2 N–H and O–H groups in total. The van der Waals surface area contributed by atoms with Crippen LogP contribution in [0.5, 0.6) is 5.88 Å². The van der Waals surface area contributed by atoms with Gasteiger partial charge >= 0.3 is 6.18 Å². The van der Waals surface area contributed by atoms with Crippen LogP contribution < -0.4 is 15.4 Å². The Morgan fingerprint density at radius 1 is 1.12 bits per heavy atom. The molecule has 2 aliphatic rings. The summed E-state index contributed by atoms with van der Waals surface area (Å²) in [6, 6.07) is 0.408. The highest BCUT2D eigenvalue weighted by molar-refractivity contribution is 5.96. The van der Waals surface area contributed by atoms with Gasteiger partial charge in [0.2, 0.25) is 11.8 Å². The van der Waals surface area contributed by atoms with E-state index in [9.17, 15) is 31.5 Å². The second kappa shape index (κ2) is 12.1. The number of rotatable bonds is 11. The molecule has 0 spiro atoms. The molecule has 10 nitrogen and oxygen atoms in total. The lowest BCUT2D eigenvalue weighted by molar-refractivity contribution is -0.144. The minimum atomic E-state index is -4.43. The Bertz CT molecular complexity index is 1440. The predicted molar refractivity (Wildman–Crippen MR) is 141 cm³/mol. The molecule has 0 radical (unpaired) electrons. The summed E-state index contributed by atoms with van der Waals surface area (Å²) in [5, 5.41) is 13.8. The van der Waals surface area contributed by atoms with Crippen LogP contribution in [0.15, 0.2) is 29.2 Å². The molecule has 0 bridgehead atoms. The quantitative estimate of drug-likeness (QED) is 0.266. The average molecular weight is 613 g/mol. The second-order valence-electron chi connectivity index (χ2n) is 11.6. The van der Waals surface area contributed by atoms with Crippen LogP contribution in [-0.2, 0) is 4.79 Å². The van der Waals surface area contributed by atoms with Gasteiger partial charge in [0.25, 0.3) is 11.8 Å². The summed E-state index contributed by atoms with van der Waals surface area (Å²) in [6.07, 6.45) is -1.06. The molecule has 43 heavy (non-hydrogen) atoms. The van der Waals surface area contributed by atoms with E-state index in [0.717, 1.165) is 19.1 Å². The predicted octanol–water partition coefficient (Wildman–Crippen LogP) is 5.71. The minimum absolute atomic E-state index is 0.00568. The van der Waals surface area contributed by atoms with Crippen molar-refractivity contribution in [2.45, 2.75) is 95.5 Å². The van der Waals surface area contributed by atoms with Gasteiger partial charge in [0, 0.05) is 19.3 Å². The summed E-state index contributed by atoms with van der Waals surface area (Å²) in [7, 11) is 0. The normalized spacial score (nSPS) is 18.9. The number of fused-ring (bicyclic) bond motifs is 1. The lowest BCUT2D eigenvalue weighted by atomic mass is 9.81. The van der Waals surface area contributed by atoms with E-state index in [0.29, 0.717) is 16.9 Å². The number of imidazole rings is 1. The Morgan fingerprint density at radius 2 is 1.81 bits per heavy atom. The molecule has 2 saturated carbocycles. The molecule has 2 atom stereocenters. The van der Waals surface area contributed by atoms with Gasteiger partial charge in [-0.25, -0.2) is 18.3 Å². The molecule has 0 saturated heterocycles. The molecule has 0 aromatic carbocycles. The molecule has 3 heterocycles. The number of aromatic nitrogens is 4. The number of amides is 2. The Hall–Kier alpha value is -3.78. The van der Waals surface area contributed by atoms with Gasteiger partial charge in [-0.2, -0.15) is 18.3 Å². The van der Waals surface area contributed by atoms with Gasteiger partial charge in [-0.3, -0.25) is 9.59 Å². The summed E-state index contributed by atoms with van der Waals surface area (Å²) in [6.45, 7) is 3.53. The number of ether oxygens (including phenoxy) is 1. The Labute approximate surface area is 243 Å². The zero-order valence-corrected chi connectivity index (χ0v) is 23.7. The van der Waals surface area contributed by atoms with Gasteiger partial charge in [-0.05, 0) is 68.2 Å². The monoisotopic (exact) mass is 612 g/mol. The standard InChI is InChI=1S/C28H33F5N6O4/c1-15(2)43-26-19(14-42-38-26)25(41)37-24(17-5-8-27(29,30)9-6-17)20-13-39-21(35-20)11-18(12-34-39)23(16-3-4-16)36-22(40)7-10-28(31,32)33/h11-17,23-24H,3-10H2,1-2H3,(H,36,40)(H,37,41)/t23-,24+/m1/s1. The van der Waals surface area contributed by atoms with Gasteiger partial charge in [-0.1, -0.05) is 0 Å². The van der Waals surface area contributed by atoms with E-state index in [-0.39, 0.29) is 55.1 Å². The summed E-state index contributed by atoms with van der Waals surface area (Å²) in [4.78, 5) is 30.3. The maximum Gasteiger partial charge on any atom is 0.389 e. The minimum Gasteiger partial charge on any atom is -0.472 e. The van der Waals surface area contributed by atoms with Crippen LogP contribution in [0.25, 0.3) is 5.65 Å². The average Bonchev–Trinajstić information content (AvgIpc) is 3.51. The molecule has 2 amide bonds. The van der Waals surface area contributed by atoms with E-state index in [2.05, 4.69) is 25.9 Å². The summed E-state index contributed by atoms with van der Waals surface area (Å²) in [5.74, 6) is -4.34. The number of carbonyl (C=O) groups is 2. The van der Waals surface area contributed by atoms with Crippen molar-refractivity contribution in [1.29, 1.82) is 0 Å². The van der Waals surface area contributed by atoms with Crippen molar-refractivity contribution in [2.75, 3.05) is 0 Å². The van der Waals surface area contributed by atoms with Gasteiger partial charge < -0.3 is 19.9 Å². The zero-order valence-electron chi connectivity index (χ0n) is 23.7. The van der Waals surface area contributed by atoms with Crippen LogP contribution in [0.3, 0.4) is 0 Å². The van der Waals surface area contributed by atoms with Gasteiger partial charge in [0.15, 0.2) is 5.65 Å². The number of carbonyl (C=O) groups excluding carboxylic acids is 2. The topological polar surface area (TPSA) is 124 Å². The summed E-state index contributed by atoms with van der Waals surface area (Å²) >= 11 is 0. The number of alkyl halides is 5. The van der Waals surface area contributed by atoms with Crippen LogP contribution in [0.1, 0.15) is 98.9 Å². The molecular weight excluding hydrogens is 579 g/mol. The van der Waals surface area contributed by atoms with Crippen molar-refractivity contribution >= 4 is 17.5 Å². The van der Waals surface area contributed by atoms with Crippen molar-refractivity contribution in [3.05, 3.63) is 41.5 Å². The fourth-order valence-corrected chi connectivity index (χ4v) is 5.37. The van der Waals surface area contributed by atoms with Crippen LogP contribution >= 0.6 is 0 Å². The van der Waals surface area contributed by atoms with E-state index in [4.69, 9.17) is 9.26 Å². The maximum atomic E-state index is 14.0. The van der Waals surface area contributed by atoms with E-state index in [1.165, 1.54) is 10.7 Å². The highest BCUT2D eigenvalue weighted by atomic mass is 19.4. The highest BCUT2D eigenvalue weighted by Gasteiger charge is 2.40. The SMILES string of the molecule is CC(C)Oc1nocc1C(=O)N[C@H](c1cn2ncc([C@H](NC(=O)CCC(F)(F)F)C3CC3)cc2n1)C1CCC(F)(F)CC1. The Kier molecular flexibility index (Phi) is 8.61. The lowest BCUT2D eigenvalue weighted by Crippen LogP contribution is -2.37. The maximum absolute atomic E-state index is 14.0. The van der Waals surface area contributed by atoms with E-state index in [1.54, 1.807) is 26.1 Å². The van der Waals surface area contributed by atoms with E-state index in [1.807, 2.05) is 0 Å². The molecule has 234 valence electrons. The summed E-state index contributed by atoms with van der Waals surface area (Å²) in [5.41, 5.74) is 1.41. The number of halogens is 5. The van der Waals surface area contributed by atoms with Crippen LogP contribution in [0.2, 0.25) is 0 Å². The first-order valence-electron chi connectivity index (χ1n) is 14.3. The number of nitrogens with zero attached hydrogens (tertiary/aromatic N) is 4. The zero-order chi connectivity index (χ0) is 30.9. The first-order chi connectivity index (χ1) is 20.3. The largest absolute Gasteiger partial charge is 0.472 e. The lowest BCUT2D eigenvalue weighted by Gasteiger charge is -2.33. The molecule has 2 aliphatic carbocycles. The third kappa shape index (κ3) is 7.79. The fourth-order valence-electron chi connectivity index (χ4n) is 5.37. The first-order valence-corrected chi connectivity index (χ1v) is 14.3. The second-order valence-corrected chi connectivity index (χ2v) is 11.6. The molecule has 0 aliphatic heterocycles. The smallest absolute Gasteiger partial charge is 0.389 e. The fraction of sp³-hybridized carbons (Fsp3) is 0.607. The van der Waals surface area contributed by atoms with E-state index < -0.39 is 48.8 Å². The van der Waals surface area contributed by atoms with Crippen LogP contribution in [0, 0.1) is 11.8 Å². The number of hydrogen-bond acceptors (Lipinski definition) is 7. The van der Waals surface area contributed by atoms with Crippen molar-refractivity contribution in [3.63, 3.8) is 0 Å². The number of hydrogen-bond donors (Lipinski definition) is 2. The van der Waals surface area contributed by atoms with Crippen molar-refractivity contribution in [3.8, 4) is 5.88 Å². The third-order valence-electron chi connectivity index (χ3n) is 7.73. The van der Waals surface area contributed by atoms with Gasteiger partial charge in [-0.15, -0.1) is 0 Å². The molecule has 15 heteroatoms. The molecule has 3 aromatic heterocycles. The van der Waals surface area contributed by atoms with Crippen LogP contribution in [0.4, 0.5) is 22.0 Å². The van der Waals surface area contributed by atoms with Crippen LogP contribution in [-0.4, -0.2) is 49.8 Å². The summed E-state index contributed by atoms with van der Waals surface area (Å²) < 4.78 is 77.8. The van der Waals surface area contributed by atoms with Gasteiger partial charge in [0.1, 0.15) is 11.8 Å². The van der Waals surface area contributed by atoms with E-state index >= 15 is 0 Å². The molecule has 5 rings (SSSR count). The first kappa shape index (κ1) is 30.7. The molecule has 0 unspecified atom stereocenters. The van der Waals surface area contributed by atoms with Gasteiger partial charge in [0.05, 0.1) is 42.7 Å². The Morgan fingerprint density at radius 3 is 2.47 bits per heavy atom. The third-order valence-corrected chi connectivity index (χ3v) is 7.73. The Balaban J connectivity index is 1.40. The van der Waals surface area contributed by atoms with Crippen molar-refractivity contribution < 1.29 is 40.8 Å². The number of nitrogens with one attached hydrogen (secondary N) is 2. The molecular formula is C28H33F5N6O4. The van der Waals surface area contributed by atoms with Crippen molar-refractivity contribution in [2.24, 2.45) is 11.8 Å². The molecule has 2 fully saturated rings.